The monoisotopic (exact) mass is 513 g/mol. The van der Waals surface area contributed by atoms with E-state index in [0.29, 0.717) is 28.3 Å². The van der Waals surface area contributed by atoms with Crippen LogP contribution in [0.1, 0.15) is 37.3 Å². The standard InChI is InChI=1S/C29H31N5O4/c1-37-23-13-7-9-20(17-23)28(29(36)30-21-10-3-4-11-21)34(22-12-8-14-24(18-22)38-2)27(35)19-33-26-16-6-5-15-25(26)31-32-33/h5-9,12-18,21,28H,3-4,10-11,19H2,1-2H3,(H,30,36)/t28-/m0/s1. The zero-order valence-corrected chi connectivity index (χ0v) is 21.5. The molecular weight excluding hydrogens is 482 g/mol. The fourth-order valence-corrected chi connectivity index (χ4v) is 5.02. The molecule has 1 N–H and O–H groups in total. The highest BCUT2D eigenvalue weighted by Gasteiger charge is 2.35. The fraction of sp³-hybridized carbons (Fsp3) is 0.310. The molecule has 0 saturated heterocycles. The van der Waals surface area contributed by atoms with E-state index in [4.69, 9.17) is 9.47 Å². The predicted molar refractivity (Wildman–Crippen MR) is 144 cm³/mol. The Bertz CT molecular complexity index is 1430. The van der Waals surface area contributed by atoms with Gasteiger partial charge in [-0.05, 0) is 54.8 Å². The molecule has 0 radical (unpaired) electrons. The molecule has 3 aromatic carbocycles. The van der Waals surface area contributed by atoms with Crippen molar-refractivity contribution >= 4 is 28.5 Å². The van der Waals surface area contributed by atoms with Crippen LogP contribution in [0.5, 0.6) is 11.5 Å². The van der Waals surface area contributed by atoms with Crippen LogP contribution in [0.15, 0.2) is 72.8 Å². The highest BCUT2D eigenvalue weighted by Crippen LogP contribution is 2.33. The summed E-state index contributed by atoms with van der Waals surface area (Å²) in [6.45, 7) is -0.102. The number of methoxy groups -OCH3 is 2. The molecule has 5 rings (SSSR count). The van der Waals surface area contributed by atoms with Gasteiger partial charge in [-0.1, -0.05) is 48.4 Å². The van der Waals surface area contributed by atoms with Gasteiger partial charge in [0.25, 0.3) is 0 Å². The lowest BCUT2D eigenvalue weighted by atomic mass is 10.0. The zero-order valence-electron chi connectivity index (χ0n) is 21.5. The largest absolute Gasteiger partial charge is 0.497 e. The Kier molecular flexibility index (Phi) is 7.53. The second-order valence-electron chi connectivity index (χ2n) is 9.37. The Morgan fingerprint density at radius 1 is 0.974 bits per heavy atom. The third kappa shape index (κ3) is 5.32. The van der Waals surface area contributed by atoms with Crippen molar-refractivity contribution in [2.45, 2.75) is 44.3 Å². The molecule has 1 aromatic heterocycles. The van der Waals surface area contributed by atoms with E-state index >= 15 is 0 Å². The normalized spacial score (nSPS) is 14.3. The van der Waals surface area contributed by atoms with Crippen LogP contribution in [-0.2, 0) is 16.1 Å². The number of para-hydroxylation sites is 1. The molecule has 0 bridgehead atoms. The van der Waals surface area contributed by atoms with Crippen molar-refractivity contribution < 1.29 is 19.1 Å². The SMILES string of the molecule is COc1cccc([C@@H](C(=O)NC2CCCC2)N(C(=O)Cn2nnc3ccccc32)c2cccc(OC)c2)c1. The summed E-state index contributed by atoms with van der Waals surface area (Å²) in [5.74, 6) is 0.613. The molecule has 1 aliphatic rings. The molecule has 9 heteroatoms. The van der Waals surface area contributed by atoms with E-state index in [-0.39, 0.29) is 24.4 Å². The quantitative estimate of drug-likeness (QED) is 0.359. The Morgan fingerprint density at radius 2 is 1.68 bits per heavy atom. The maximum Gasteiger partial charge on any atom is 0.249 e. The summed E-state index contributed by atoms with van der Waals surface area (Å²) in [6, 6.07) is 21.0. The molecule has 1 heterocycles. The number of benzene rings is 3. The van der Waals surface area contributed by atoms with Crippen molar-refractivity contribution in [1.29, 1.82) is 0 Å². The number of nitrogens with one attached hydrogen (secondary N) is 1. The number of fused-ring (bicyclic) bond motifs is 1. The van der Waals surface area contributed by atoms with E-state index in [0.717, 1.165) is 31.2 Å². The molecule has 196 valence electrons. The third-order valence-electron chi connectivity index (χ3n) is 6.92. The van der Waals surface area contributed by atoms with Gasteiger partial charge in [-0.15, -0.1) is 5.10 Å². The summed E-state index contributed by atoms with van der Waals surface area (Å²) in [6.07, 6.45) is 4.00. The van der Waals surface area contributed by atoms with Crippen LogP contribution in [0.2, 0.25) is 0 Å². The van der Waals surface area contributed by atoms with E-state index in [1.807, 2.05) is 42.5 Å². The van der Waals surface area contributed by atoms with Crippen LogP contribution in [0.4, 0.5) is 5.69 Å². The molecule has 9 nitrogen and oxygen atoms in total. The number of rotatable bonds is 9. The van der Waals surface area contributed by atoms with Crippen LogP contribution in [0.25, 0.3) is 11.0 Å². The summed E-state index contributed by atoms with van der Waals surface area (Å²) < 4.78 is 12.5. The van der Waals surface area contributed by atoms with Crippen molar-refractivity contribution in [2.24, 2.45) is 0 Å². The lowest BCUT2D eigenvalue weighted by molar-refractivity contribution is -0.127. The highest BCUT2D eigenvalue weighted by molar-refractivity contribution is 6.01. The van der Waals surface area contributed by atoms with Crippen LogP contribution >= 0.6 is 0 Å². The van der Waals surface area contributed by atoms with Crippen LogP contribution in [0.3, 0.4) is 0 Å². The van der Waals surface area contributed by atoms with Gasteiger partial charge in [0.1, 0.15) is 29.6 Å². The Balaban J connectivity index is 1.60. The predicted octanol–water partition coefficient (Wildman–Crippen LogP) is 4.28. The van der Waals surface area contributed by atoms with E-state index in [2.05, 4.69) is 15.6 Å². The minimum absolute atomic E-state index is 0.0807. The van der Waals surface area contributed by atoms with Gasteiger partial charge >= 0.3 is 0 Å². The second-order valence-corrected chi connectivity index (χ2v) is 9.37. The lowest BCUT2D eigenvalue weighted by Crippen LogP contribution is -2.47. The molecule has 4 aromatic rings. The smallest absolute Gasteiger partial charge is 0.249 e. The molecule has 1 saturated carbocycles. The van der Waals surface area contributed by atoms with Crippen LogP contribution in [0, 0.1) is 0 Å². The average molecular weight is 514 g/mol. The first-order chi connectivity index (χ1) is 18.6. The molecule has 2 amide bonds. The number of carbonyl (C=O) groups excluding carboxylic acids is 2. The number of ether oxygens (including phenoxy) is 2. The number of amides is 2. The Hall–Kier alpha value is -4.40. The molecule has 0 aliphatic heterocycles. The number of nitrogens with zero attached hydrogens (tertiary/aromatic N) is 4. The van der Waals surface area contributed by atoms with Gasteiger partial charge in [-0.3, -0.25) is 14.5 Å². The van der Waals surface area contributed by atoms with Gasteiger partial charge in [0.2, 0.25) is 11.8 Å². The van der Waals surface area contributed by atoms with Gasteiger partial charge in [-0.2, -0.15) is 0 Å². The lowest BCUT2D eigenvalue weighted by Gasteiger charge is -2.32. The Labute approximate surface area is 221 Å². The minimum Gasteiger partial charge on any atom is -0.497 e. The van der Waals surface area contributed by atoms with E-state index in [1.54, 1.807) is 49.2 Å². The topological polar surface area (TPSA) is 98.6 Å². The first-order valence-corrected chi connectivity index (χ1v) is 12.8. The van der Waals surface area contributed by atoms with Gasteiger partial charge in [0.15, 0.2) is 0 Å². The average Bonchev–Trinajstić information content (AvgIpc) is 3.61. The maximum atomic E-state index is 14.2. The van der Waals surface area contributed by atoms with Gasteiger partial charge in [-0.25, -0.2) is 4.68 Å². The Morgan fingerprint density at radius 3 is 2.45 bits per heavy atom. The molecule has 38 heavy (non-hydrogen) atoms. The number of carbonyl (C=O) groups is 2. The van der Waals surface area contributed by atoms with Gasteiger partial charge in [0.05, 0.1) is 19.7 Å². The third-order valence-corrected chi connectivity index (χ3v) is 6.92. The first-order valence-electron chi connectivity index (χ1n) is 12.8. The second kappa shape index (κ2) is 11.3. The van der Waals surface area contributed by atoms with Crippen molar-refractivity contribution in [1.82, 2.24) is 20.3 Å². The van der Waals surface area contributed by atoms with Crippen molar-refractivity contribution in [3.05, 3.63) is 78.4 Å². The first kappa shape index (κ1) is 25.3. The molecule has 0 spiro atoms. The van der Waals surface area contributed by atoms with E-state index < -0.39 is 6.04 Å². The minimum atomic E-state index is -0.944. The fourth-order valence-electron chi connectivity index (χ4n) is 5.02. The van der Waals surface area contributed by atoms with Crippen molar-refractivity contribution in [2.75, 3.05) is 19.1 Å². The molecule has 0 unspecified atom stereocenters. The number of anilines is 1. The highest BCUT2D eigenvalue weighted by atomic mass is 16.5. The number of hydrogen-bond acceptors (Lipinski definition) is 6. The summed E-state index contributed by atoms with van der Waals surface area (Å²) in [4.78, 5) is 29.7. The van der Waals surface area contributed by atoms with Gasteiger partial charge < -0.3 is 14.8 Å². The number of aromatic nitrogens is 3. The van der Waals surface area contributed by atoms with Crippen molar-refractivity contribution in [3.8, 4) is 11.5 Å². The van der Waals surface area contributed by atoms with Crippen LogP contribution < -0.4 is 19.7 Å². The van der Waals surface area contributed by atoms with Crippen LogP contribution in [-0.4, -0.2) is 47.1 Å². The molecule has 1 fully saturated rings. The van der Waals surface area contributed by atoms with Crippen molar-refractivity contribution in [3.63, 3.8) is 0 Å². The van der Waals surface area contributed by atoms with Gasteiger partial charge in [0, 0.05) is 17.8 Å². The molecular formula is C29H31N5O4. The zero-order chi connectivity index (χ0) is 26.5. The van der Waals surface area contributed by atoms with E-state index in [9.17, 15) is 9.59 Å². The van der Waals surface area contributed by atoms with E-state index in [1.165, 1.54) is 4.90 Å². The molecule has 1 aliphatic carbocycles. The maximum absolute atomic E-state index is 14.2. The summed E-state index contributed by atoms with van der Waals surface area (Å²) in [5.41, 5.74) is 2.60. The summed E-state index contributed by atoms with van der Waals surface area (Å²) in [7, 11) is 3.15. The summed E-state index contributed by atoms with van der Waals surface area (Å²) in [5, 5.41) is 11.6. The summed E-state index contributed by atoms with van der Waals surface area (Å²) >= 11 is 0. The number of hydrogen-bond donors (Lipinski definition) is 1. The molecule has 1 atom stereocenters.